The fourth-order valence-corrected chi connectivity index (χ4v) is 2.76. The Kier molecular flexibility index (Phi) is 4.18. The summed E-state index contributed by atoms with van der Waals surface area (Å²) < 4.78 is 39.6. The number of aromatic nitrogens is 2. The first-order valence-electron chi connectivity index (χ1n) is 5.42. The number of nitrogens with zero attached hydrogens (tertiary/aromatic N) is 1. The minimum Gasteiger partial charge on any atom is -0.349 e. The van der Waals surface area contributed by atoms with Crippen LogP contribution in [0, 0.1) is 5.82 Å². The highest BCUT2D eigenvalue weighted by atomic mass is 35.5. The van der Waals surface area contributed by atoms with Crippen LogP contribution >= 0.6 is 11.6 Å². The molecule has 0 aliphatic rings. The molecule has 0 bridgehead atoms. The van der Waals surface area contributed by atoms with Gasteiger partial charge in [-0.1, -0.05) is 11.6 Å². The Labute approximate surface area is 114 Å². The Bertz CT molecular complexity index is 659. The normalized spacial score (nSPS) is 11.7. The van der Waals surface area contributed by atoms with Gasteiger partial charge in [0.1, 0.15) is 16.5 Å². The number of sulfonamides is 1. The van der Waals surface area contributed by atoms with Crippen LogP contribution in [0.15, 0.2) is 35.5 Å². The van der Waals surface area contributed by atoms with E-state index in [1.165, 1.54) is 6.07 Å². The van der Waals surface area contributed by atoms with Crippen LogP contribution < -0.4 is 4.72 Å². The predicted octanol–water partition coefficient (Wildman–Crippen LogP) is 1.72. The van der Waals surface area contributed by atoms with Gasteiger partial charge in [0.25, 0.3) is 0 Å². The topological polar surface area (TPSA) is 74.8 Å². The van der Waals surface area contributed by atoms with Crippen LogP contribution in [0.5, 0.6) is 0 Å². The van der Waals surface area contributed by atoms with Crippen molar-refractivity contribution in [2.24, 2.45) is 0 Å². The van der Waals surface area contributed by atoms with E-state index in [0.29, 0.717) is 12.2 Å². The molecule has 2 aromatic rings. The van der Waals surface area contributed by atoms with Crippen LogP contribution in [0.3, 0.4) is 0 Å². The van der Waals surface area contributed by atoms with Crippen LogP contribution in [0.4, 0.5) is 4.39 Å². The molecule has 2 N–H and O–H groups in total. The molecule has 102 valence electrons. The molecule has 19 heavy (non-hydrogen) atoms. The summed E-state index contributed by atoms with van der Waals surface area (Å²) in [6, 6.07) is 3.42. The van der Waals surface area contributed by atoms with Crippen molar-refractivity contribution < 1.29 is 12.8 Å². The first kappa shape index (κ1) is 14.0. The molecule has 2 rings (SSSR count). The van der Waals surface area contributed by atoms with E-state index in [4.69, 9.17) is 11.6 Å². The molecule has 0 saturated heterocycles. The fourth-order valence-electron chi connectivity index (χ4n) is 1.51. The summed E-state index contributed by atoms with van der Waals surface area (Å²) in [5, 5.41) is 0.145. The Morgan fingerprint density at radius 1 is 1.42 bits per heavy atom. The van der Waals surface area contributed by atoms with Crippen LogP contribution in [-0.4, -0.2) is 24.9 Å². The molecular weight excluding hydrogens is 293 g/mol. The Hall–Kier alpha value is -1.44. The monoisotopic (exact) mass is 303 g/mol. The third kappa shape index (κ3) is 3.52. The molecule has 1 aromatic heterocycles. The van der Waals surface area contributed by atoms with Crippen LogP contribution in [-0.2, 0) is 16.4 Å². The minimum atomic E-state index is -3.89. The van der Waals surface area contributed by atoms with E-state index in [9.17, 15) is 12.8 Å². The number of imidazole rings is 1. The summed E-state index contributed by atoms with van der Waals surface area (Å²) in [4.78, 5) is 6.38. The van der Waals surface area contributed by atoms with Crippen molar-refractivity contribution in [3.63, 3.8) is 0 Å². The van der Waals surface area contributed by atoms with Crippen LogP contribution in [0.25, 0.3) is 0 Å². The maximum Gasteiger partial charge on any atom is 0.243 e. The number of nitrogens with one attached hydrogen (secondary N) is 2. The summed E-state index contributed by atoms with van der Waals surface area (Å²) in [5.74, 6) is -0.225. The van der Waals surface area contributed by atoms with Gasteiger partial charge in [-0.3, -0.25) is 0 Å². The second-order valence-electron chi connectivity index (χ2n) is 3.76. The lowest BCUT2D eigenvalue weighted by atomic mass is 10.3. The molecule has 0 atom stereocenters. The van der Waals surface area contributed by atoms with Gasteiger partial charge < -0.3 is 4.98 Å². The summed E-state index contributed by atoms with van der Waals surface area (Å²) >= 11 is 5.57. The van der Waals surface area contributed by atoms with Gasteiger partial charge in [-0.15, -0.1) is 0 Å². The van der Waals surface area contributed by atoms with Crippen molar-refractivity contribution >= 4 is 21.6 Å². The van der Waals surface area contributed by atoms with Gasteiger partial charge in [-0.05, 0) is 18.2 Å². The number of halogens is 2. The molecule has 0 spiro atoms. The predicted molar refractivity (Wildman–Crippen MR) is 68.9 cm³/mol. The Balaban J connectivity index is 2.05. The largest absolute Gasteiger partial charge is 0.349 e. The molecule has 8 heteroatoms. The van der Waals surface area contributed by atoms with E-state index in [2.05, 4.69) is 14.7 Å². The Morgan fingerprint density at radius 2 is 2.21 bits per heavy atom. The zero-order valence-electron chi connectivity index (χ0n) is 9.73. The van der Waals surface area contributed by atoms with Gasteiger partial charge in [0.2, 0.25) is 10.0 Å². The molecule has 5 nitrogen and oxygen atoms in total. The third-order valence-corrected chi connectivity index (χ3v) is 4.12. The average molecular weight is 304 g/mol. The number of rotatable bonds is 5. The van der Waals surface area contributed by atoms with Crippen molar-refractivity contribution in [3.8, 4) is 0 Å². The van der Waals surface area contributed by atoms with Gasteiger partial charge in [-0.2, -0.15) is 0 Å². The second kappa shape index (κ2) is 5.68. The highest BCUT2D eigenvalue weighted by Crippen LogP contribution is 2.18. The molecule has 1 aromatic carbocycles. The fraction of sp³-hybridized carbons (Fsp3) is 0.182. The number of hydrogen-bond acceptors (Lipinski definition) is 3. The molecule has 0 fully saturated rings. The van der Waals surface area contributed by atoms with Crippen molar-refractivity contribution in [1.82, 2.24) is 14.7 Å². The zero-order valence-corrected chi connectivity index (χ0v) is 11.3. The summed E-state index contributed by atoms with van der Waals surface area (Å²) in [6.45, 7) is 0.123. The highest BCUT2D eigenvalue weighted by Gasteiger charge is 2.18. The molecule has 0 saturated carbocycles. The highest BCUT2D eigenvalue weighted by molar-refractivity contribution is 7.89. The summed E-state index contributed by atoms with van der Waals surface area (Å²) in [7, 11) is -3.89. The van der Waals surface area contributed by atoms with E-state index in [1.807, 2.05) is 0 Å². The number of aromatic amines is 1. The van der Waals surface area contributed by atoms with Gasteiger partial charge in [0, 0.05) is 30.4 Å². The maximum atomic E-state index is 13.5. The molecule has 1 heterocycles. The van der Waals surface area contributed by atoms with Crippen molar-refractivity contribution in [2.75, 3.05) is 6.54 Å². The van der Waals surface area contributed by atoms with E-state index in [1.54, 1.807) is 12.4 Å². The number of benzene rings is 1. The van der Waals surface area contributed by atoms with Crippen LogP contribution in [0.1, 0.15) is 5.82 Å². The van der Waals surface area contributed by atoms with Gasteiger partial charge in [0.15, 0.2) is 0 Å². The van der Waals surface area contributed by atoms with E-state index in [-0.39, 0.29) is 11.6 Å². The second-order valence-corrected chi connectivity index (χ2v) is 5.93. The van der Waals surface area contributed by atoms with Gasteiger partial charge in [-0.25, -0.2) is 22.5 Å². The third-order valence-electron chi connectivity index (χ3n) is 2.39. The molecule has 0 aliphatic heterocycles. The SMILES string of the molecule is O=S(=O)(NCCc1ncc[nH]1)c1ccc(Cl)cc1F. The molecule has 0 aliphatic carbocycles. The number of H-pyrrole nitrogens is 1. The van der Waals surface area contributed by atoms with Crippen molar-refractivity contribution in [3.05, 3.63) is 47.3 Å². The van der Waals surface area contributed by atoms with Gasteiger partial charge in [0.05, 0.1) is 0 Å². The van der Waals surface area contributed by atoms with Crippen molar-refractivity contribution in [1.29, 1.82) is 0 Å². The van der Waals surface area contributed by atoms with E-state index < -0.39 is 20.7 Å². The molecule has 0 radical (unpaired) electrons. The average Bonchev–Trinajstić information content (AvgIpc) is 2.81. The van der Waals surface area contributed by atoms with E-state index >= 15 is 0 Å². The lowest BCUT2D eigenvalue weighted by Gasteiger charge is -2.07. The standard InChI is InChI=1S/C11H11ClFN3O2S/c12-8-1-2-10(9(13)7-8)19(17,18)16-4-3-11-14-5-6-15-11/h1-2,5-7,16H,3-4H2,(H,14,15). The smallest absolute Gasteiger partial charge is 0.243 e. The van der Waals surface area contributed by atoms with Gasteiger partial charge >= 0.3 is 0 Å². The summed E-state index contributed by atoms with van der Waals surface area (Å²) in [6.07, 6.45) is 3.60. The zero-order chi connectivity index (χ0) is 13.9. The molecule has 0 amide bonds. The first-order valence-corrected chi connectivity index (χ1v) is 7.28. The molecule has 0 unspecified atom stereocenters. The number of hydrogen-bond donors (Lipinski definition) is 2. The lowest BCUT2D eigenvalue weighted by Crippen LogP contribution is -2.27. The minimum absolute atomic E-state index is 0.123. The quantitative estimate of drug-likeness (QED) is 0.883. The maximum absolute atomic E-state index is 13.5. The Morgan fingerprint density at radius 3 is 2.84 bits per heavy atom. The molecular formula is C11H11ClFN3O2S. The van der Waals surface area contributed by atoms with Crippen molar-refractivity contribution in [2.45, 2.75) is 11.3 Å². The van der Waals surface area contributed by atoms with Crippen LogP contribution in [0.2, 0.25) is 5.02 Å². The van der Waals surface area contributed by atoms with E-state index in [0.717, 1.165) is 12.1 Å². The first-order chi connectivity index (χ1) is 8.99. The lowest BCUT2D eigenvalue weighted by molar-refractivity contribution is 0.557. The summed E-state index contributed by atoms with van der Waals surface area (Å²) in [5.41, 5.74) is 0.